The lowest BCUT2D eigenvalue weighted by molar-refractivity contribution is 0.0978. The van der Waals surface area contributed by atoms with Crippen LogP contribution in [0, 0.1) is 5.82 Å². The molecule has 0 saturated heterocycles. The number of carbonyl (C=O) groups excluding carboxylic acids is 2. The van der Waals surface area contributed by atoms with E-state index in [4.69, 9.17) is 10.2 Å². The molecule has 0 spiro atoms. The minimum atomic E-state index is -4.04. The molecule has 3 N–H and O–H groups in total. The molecule has 9 heteroatoms. The molecule has 7 nitrogen and oxygen atoms in total. The summed E-state index contributed by atoms with van der Waals surface area (Å²) in [6.07, 6.45) is 0.244. The van der Waals surface area contributed by atoms with Crippen molar-refractivity contribution in [2.75, 3.05) is 0 Å². The second-order valence-electron chi connectivity index (χ2n) is 8.61. The zero-order valence-corrected chi connectivity index (χ0v) is 20.7. The maximum atomic E-state index is 13.3. The molecule has 0 bridgehead atoms. The van der Waals surface area contributed by atoms with Crippen molar-refractivity contribution in [2.24, 2.45) is 5.73 Å². The largest absolute Gasteiger partial charge is 0.460 e. The predicted molar refractivity (Wildman–Crippen MR) is 140 cm³/mol. The summed E-state index contributed by atoms with van der Waals surface area (Å²) in [6, 6.07) is 25.1. The molecule has 1 aromatic heterocycles. The molecule has 5 aromatic rings. The first-order chi connectivity index (χ1) is 18.2. The van der Waals surface area contributed by atoms with Crippen LogP contribution in [0.2, 0.25) is 0 Å². The number of benzene rings is 4. The Morgan fingerprint density at radius 2 is 1.55 bits per heavy atom. The SMILES string of the molecule is NC(=O)c1c(Cc2ccc(F)cc2)oc2ccc(-c3cccc(C(=O)NS(=O)(=O)c4ccccc4)c3)cc12. The Labute approximate surface area is 217 Å². The lowest BCUT2D eigenvalue weighted by Crippen LogP contribution is -2.30. The van der Waals surface area contributed by atoms with Gasteiger partial charge in [0, 0.05) is 17.4 Å². The highest BCUT2D eigenvalue weighted by Crippen LogP contribution is 2.32. The average Bonchev–Trinajstić information content (AvgIpc) is 3.27. The molecule has 0 aliphatic rings. The van der Waals surface area contributed by atoms with Crippen molar-refractivity contribution < 1.29 is 26.8 Å². The van der Waals surface area contributed by atoms with Gasteiger partial charge < -0.3 is 10.2 Å². The number of furan rings is 1. The number of fused-ring (bicyclic) bond motifs is 1. The molecule has 0 unspecified atom stereocenters. The Morgan fingerprint density at radius 1 is 0.842 bits per heavy atom. The number of hydrogen-bond acceptors (Lipinski definition) is 5. The van der Waals surface area contributed by atoms with Gasteiger partial charge in [-0.2, -0.15) is 0 Å². The fourth-order valence-corrected chi connectivity index (χ4v) is 5.18. The van der Waals surface area contributed by atoms with Crippen LogP contribution in [0.15, 0.2) is 106 Å². The van der Waals surface area contributed by atoms with Crippen LogP contribution < -0.4 is 10.5 Å². The number of primary amides is 1. The summed E-state index contributed by atoms with van der Waals surface area (Å²) in [5.74, 6) is -1.46. The molecule has 1 heterocycles. The Morgan fingerprint density at radius 3 is 2.26 bits per heavy atom. The van der Waals surface area contributed by atoms with Gasteiger partial charge in [-0.3, -0.25) is 9.59 Å². The van der Waals surface area contributed by atoms with Gasteiger partial charge >= 0.3 is 0 Å². The van der Waals surface area contributed by atoms with Crippen LogP contribution in [-0.4, -0.2) is 20.2 Å². The van der Waals surface area contributed by atoms with Gasteiger partial charge in [-0.05, 0) is 65.2 Å². The predicted octanol–water partition coefficient (Wildman–Crippen LogP) is 5.05. The smallest absolute Gasteiger partial charge is 0.265 e. The van der Waals surface area contributed by atoms with Gasteiger partial charge in [-0.1, -0.05) is 48.5 Å². The molecule has 5 rings (SSSR count). The number of halogens is 1. The highest BCUT2D eigenvalue weighted by molar-refractivity contribution is 7.90. The van der Waals surface area contributed by atoms with Crippen molar-refractivity contribution in [3.63, 3.8) is 0 Å². The maximum absolute atomic E-state index is 13.3. The van der Waals surface area contributed by atoms with E-state index in [9.17, 15) is 22.4 Å². The molecule has 0 radical (unpaired) electrons. The van der Waals surface area contributed by atoms with Crippen molar-refractivity contribution in [3.8, 4) is 11.1 Å². The van der Waals surface area contributed by atoms with Crippen LogP contribution in [0.4, 0.5) is 4.39 Å². The number of hydrogen-bond donors (Lipinski definition) is 2. The number of sulfonamides is 1. The quantitative estimate of drug-likeness (QED) is 0.306. The third-order valence-corrected chi connectivity index (χ3v) is 7.37. The molecule has 0 atom stereocenters. The molecular weight excluding hydrogens is 507 g/mol. The number of nitrogens with one attached hydrogen (secondary N) is 1. The number of rotatable bonds is 7. The van der Waals surface area contributed by atoms with E-state index in [2.05, 4.69) is 4.72 Å². The van der Waals surface area contributed by atoms with Crippen molar-refractivity contribution in [1.29, 1.82) is 0 Å². The number of amides is 2. The monoisotopic (exact) mass is 528 g/mol. The topological polar surface area (TPSA) is 119 Å². The standard InChI is InChI=1S/C29H21FN2O5S/c30-22-12-9-18(10-13-22)15-26-27(28(31)33)24-17-20(11-14-25(24)37-26)19-5-4-6-21(16-19)29(34)32-38(35,36)23-7-2-1-3-8-23/h1-14,16-17H,15H2,(H2,31,33)(H,32,34). The number of nitrogens with two attached hydrogens (primary N) is 1. The molecular formula is C29H21FN2O5S. The summed E-state index contributed by atoms with van der Waals surface area (Å²) in [7, 11) is -4.04. The van der Waals surface area contributed by atoms with Gasteiger partial charge in [0.1, 0.15) is 17.2 Å². The summed E-state index contributed by atoms with van der Waals surface area (Å²) in [4.78, 5) is 25.1. The highest BCUT2D eigenvalue weighted by atomic mass is 32.2. The van der Waals surface area contributed by atoms with E-state index in [1.807, 2.05) is 0 Å². The molecule has 190 valence electrons. The van der Waals surface area contributed by atoms with Crippen molar-refractivity contribution >= 4 is 32.8 Å². The van der Waals surface area contributed by atoms with Crippen molar-refractivity contribution in [2.45, 2.75) is 11.3 Å². The van der Waals surface area contributed by atoms with Gasteiger partial charge in [0.15, 0.2) is 0 Å². The fourth-order valence-electron chi connectivity index (χ4n) is 4.19. The highest BCUT2D eigenvalue weighted by Gasteiger charge is 2.21. The summed E-state index contributed by atoms with van der Waals surface area (Å²) in [5.41, 5.74) is 8.53. The van der Waals surface area contributed by atoms with Gasteiger partial charge in [0.25, 0.3) is 21.8 Å². The van der Waals surface area contributed by atoms with Gasteiger partial charge in [0.2, 0.25) is 0 Å². The minimum Gasteiger partial charge on any atom is -0.460 e. The third-order valence-electron chi connectivity index (χ3n) is 6.02. The van der Waals surface area contributed by atoms with E-state index in [1.54, 1.807) is 66.7 Å². The van der Waals surface area contributed by atoms with Crippen LogP contribution in [0.3, 0.4) is 0 Å². The van der Waals surface area contributed by atoms with Crippen LogP contribution >= 0.6 is 0 Å². The molecule has 2 amide bonds. The summed E-state index contributed by atoms with van der Waals surface area (Å²) >= 11 is 0. The third kappa shape index (κ3) is 5.05. The summed E-state index contributed by atoms with van der Waals surface area (Å²) in [6.45, 7) is 0. The first kappa shape index (κ1) is 24.9. The Hall–Kier alpha value is -4.76. The lowest BCUT2D eigenvalue weighted by Gasteiger charge is -2.09. The molecule has 0 aliphatic carbocycles. The van der Waals surface area contributed by atoms with Gasteiger partial charge in [-0.15, -0.1) is 0 Å². The molecule has 0 aliphatic heterocycles. The van der Waals surface area contributed by atoms with Crippen LogP contribution in [0.25, 0.3) is 22.1 Å². The van der Waals surface area contributed by atoms with E-state index >= 15 is 0 Å². The first-order valence-corrected chi connectivity index (χ1v) is 13.0. The van der Waals surface area contributed by atoms with E-state index in [0.29, 0.717) is 27.9 Å². The minimum absolute atomic E-state index is 0.0228. The van der Waals surface area contributed by atoms with Crippen LogP contribution in [-0.2, 0) is 16.4 Å². The average molecular weight is 529 g/mol. The summed E-state index contributed by atoms with van der Waals surface area (Å²) in [5, 5.41) is 0.494. The zero-order chi connectivity index (χ0) is 26.9. The maximum Gasteiger partial charge on any atom is 0.265 e. The molecule has 4 aromatic carbocycles. The molecule has 0 fully saturated rings. The van der Waals surface area contributed by atoms with Gasteiger partial charge in [-0.25, -0.2) is 17.5 Å². The van der Waals surface area contributed by atoms with Gasteiger partial charge in [0.05, 0.1) is 10.5 Å². The van der Waals surface area contributed by atoms with Crippen molar-refractivity contribution in [3.05, 3.63) is 125 Å². The first-order valence-electron chi connectivity index (χ1n) is 11.5. The van der Waals surface area contributed by atoms with E-state index in [1.165, 1.54) is 30.3 Å². The van der Waals surface area contributed by atoms with E-state index in [0.717, 1.165) is 5.56 Å². The lowest BCUT2D eigenvalue weighted by atomic mass is 9.99. The van der Waals surface area contributed by atoms with E-state index in [-0.39, 0.29) is 28.3 Å². The van der Waals surface area contributed by atoms with E-state index < -0.39 is 21.8 Å². The second kappa shape index (κ2) is 9.95. The van der Waals surface area contributed by atoms with Crippen molar-refractivity contribution in [1.82, 2.24) is 4.72 Å². The van der Waals surface area contributed by atoms with Crippen LogP contribution in [0.5, 0.6) is 0 Å². The Bertz CT molecular complexity index is 1780. The normalized spacial score (nSPS) is 11.4. The zero-order valence-electron chi connectivity index (χ0n) is 19.8. The summed E-state index contributed by atoms with van der Waals surface area (Å²) < 4.78 is 46.4. The molecule has 38 heavy (non-hydrogen) atoms. The Kier molecular flexibility index (Phi) is 6.52. The second-order valence-corrected chi connectivity index (χ2v) is 10.3. The van der Waals surface area contributed by atoms with Crippen LogP contribution in [0.1, 0.15) is 32.0 Å². The molecule has 0 saturated carbocycles. The number of carbonyl (C=O) groups is 2. The Balaban J connectivity index is 1.47. The fraction of sp³-hybridized carbons (Fsp3) is 0.0345.